The van der Waals surface area contributed by atoms with Gasteiger partial charge >= 0.3 is 5.97 Å². The highest BCUT2D eigenvalue weighted by Gasteiger charge is 2.41. The topological polar surface area (TPSA) is 84.9 Å². The van der Waals surface area contributed by atoms with Crippen molar-refractivity contribution in [2.45, 2.75) is 39.2 Å². The van der Waals surface area contributed by atoms with E-state index in [4.69, 9.17) is 9.47 Å². The second kappa shape index (κ2) is 7.13. The molecule has 1 aromatic carbocycles. The highest BCUT2D eigenvalue weighted by Crippen LogP contribution is 2.40. The Kier molecular flexibility index (Phi) is 5.35. The minimum absolute atomic E-state index is 0.0839. The van der Waals surface area contributed by atoms with E-state index >= 15 is 0 Å². The van der Waals surface area contributed by atoms with Gasteiger partial charge in [-0.1, -0.05) is 0 Å². The summed E-state index contributed by atoms with van der Waals surface area (Å²) in [4.78, 5) is 37.7. The van der Waals surface area contributed by atoms with E-state index in [1.807, 2.05) is 0 Å². The van der Waals surface area contributed by atoms with Crippen LogP contribution in [0, 0.1) is 6.92 Å². The molecule has 0 atom stereocenters. The maximum atomic E-state index is 12.8. The summed E-state index contributed by atoms with van der Waals surface area (Å²) in [5, 5.41) is 2.56. The Balaban J connectivity index is 2.40. The lowest BCUT2D eigenvalue weighted by atomic mass is 10.00. The Hall–Kier alpha value is -2.57. The second-order valence-corrected chi connectivity index (χ2v) is 6.47. The fourth-order valence-corrected chi connectivity index (χ4v) is 2.79. The van der Waals surface area contributed by atoms with Gasteiger partial charge in [-0.25, -0.2) is 4.79 Å². The van der Waals surface area contributed by atoms with E-state index < -0.39 is 11.6 Å². The number of fused-ring (bicyclic) bond motifs is 1. The standard InChI is InChI=1S/C18H24N2O5/c1-11-9-14-13(10-12(11)16(22)24-5)20(8-6-7-15(21)19-4)17(23)18(2,3)25-14/h9-10H,6-8H2,1-5H3,(H,19,21). The number of amides is 2. The van der Waals surface area contributed by atoms with Crippen molar-refractivity contribution in [2.75, 3.05) is 25.6 Å². The number of rotatable bonds is 5. The zero-order valence-electron chi connectivity index (χ0n) is 15.3. The van der Waals surface area contributed by atoms with Crippen molar-refractivity contribution >= 4 is 23.5 Å². The first-order valence-electron chi connectivity index (χ1n) is 8.15. The monoisotopic (exact) mass is 348 g/mol. The summed E-state index contributed by atoms with van der Waals surface area (Å²) in [5.41, 5.74) is 0.598. The molecule has 0 radical (unpaired) electrons. The van der Waals surface area contributed by atoms with Gasteiger partial charge in [0.05, 0.1) is 18.4 Å². The molecule has 0 aromatic heterocycles. The smallest absolute Gasteiger partial charge is 0.338 e. The molecule has 1 aliphatic heterocycles. The molecule has 2 rings (SSSR count). The van der Waals surface area contributed by atoms with Crippen molar-refractivity contribution in [1.29, 1.82) is 0 Å². The number of hydrogen-bond acceptors (Lipinski definition) is 5. The van der Waals surface area contributed by atoms with Gasteiger partial charge in [-0.05, 0) is 44.9 Å². The van der Waals surface area contributed by atoms with E-state index in [0.29, 0.717) is 42.0 Å². The zero-order chi connectivity index (χ0) is 18.8. The number of methoxy groups -OCH3 is 1. The molecule has 0 saturated heterocycles. The van der Waals surface area contributed by atoms with Crippen LogP contribution in [0.25, 0.3) is 0 Å². The Morgan fingerprint density at radius 3 is 2.60 bits per heavy atom. The second-order valence-electron chi connectivity index (χ2n) is 6.47. The van der Waals surface area contributed by atoms with Crippen LogP contribution in [0.1, 0.15) is 42.6 Å². The van der Waals surface area contributed by atoms with Gasteiger partial charge < -0.3 is 19.7 Å². The third-order valence-corrected chi connectivity index (χ3v) is 4.19. The van der Waals surface area contributed by atoms with Gasteiger partial charge in [-0.3, -0.25) is 9.59 Å². The first-order valence-corrected chi connectivity index (χ1v) is 8.15. The third kappa shape index (κ3) is 3.75. The Morgan fingerprint density at radius 2 is 2.00 bits per heavy atom. The Morgan fingerprint density at radius 1 is 1.32 bits per heavy atom. The minimum Gasteiger partial charge on any atom is -0.476 e. The molecule has 1 heterocycles. The van der Waals surface area contributed by atoms with Gasteiger partial charge in [0.25, 0.3) is 5.91 Å². The molecular weight excluding hydrogens is 324 g/mol. The van der Waals surface area contributed by atoms with Gasteiger partial charge in [0.2, 0.25) is 5.91 Å². The van der Waals surface area contributed by atoms with Crippen molar-refractivity contribution in [3.05, 3.63) is 23.3 Å². The number of benzene rings is 1. The van der Waals surface area contributed by atoms with Gasteiger partial charge in [-0.15, -0.1) is 0 Å². The fraction of sp³-hybridized carbons (Fsp3) is 0.500. The van der Waals surface area contributed by atoms with Crippen LogP contribution < -0.4 is 15.0 Å². The highest BCUT2D eigenvalue weighted by atomic mass is 16.5. The molecule has 1 aromatic rings. The lowest BCUT2D eigenvalue weighted by Gasteiger charge is -2.39. The predicted octanol–water partition coefficient (Wildman–Crippen LogP) is 1.81. The van der Waals surface area contributed by atoms with Crippen molar-refractivity contribution in [3.63, 3.8) is 0 Å². The average molecular weight is 348 g/mol. The number of carbonyl (C=O) groups is 3. The molecule has 7 heteroatoms. The largest absolute Gasteiger partial charge is 0.476 e. The number of hydrogen-bond donors (Lipinski definition) is 1. The number of nitrogens with one attached hydrogen (secondary N) is 1. The number of esters is 1. The van der Waals surface area contributed by atoms with Crippen molar-refractivity contribution in [3.8, 4) is 5.75 Å². The average Bonchev–Trinajstić information content (AvgIpc) is 2.56. The first kappa shape index (κ1) is 18.8. The molecule has 0 saturated carbocycles. The molecule has 0 aliphatic carbocycles. The maximum absolute atomic E-state index is 12.8. The fourth-order valence-electron chi connectivity index (χ4n) is 2.79. The number of anilines is 1. The molecule has 0 spiro atoms. The molecule has 2 amide bonds. The predicted molar refractivity (Wildman–Crippen MR) is 92.9 cm³/mol. The Bertz CT molecular complexity index is 712. The zero-order valence-corrected chi connectivity index (χ0v) is 15.3. The Labute approximate surface area is 147 Å². The van der Waals surface area contributed by atoms with E-state index in [2.05, 4.69) is 5.32 Å². The van der Waals surface area contributed by atoms with E-state index in [1.54, 1.807) is 44.9 Å². The van der Waals surface area contributed by atoms with Crippen LogP contribution in [0.5, 0.6) is 5.75 Å². The van der Waals surface area contributed by atoms with Crippen LogP contribution in [-0.4, -0.2) is 44.1 Å². The van der Waals surface area contributed by atoms with Gasteiger partial charge in [0.1, 0.15) is 5.75 Å². The number of ether oxygens (including phenoxy) is 2. The van der Waals surface area contributed by atoms with Gasteiger partial charge in [0, 0.05) is 20.0 Å². The molecule has 136 valence electrons. The van der Waals surface area contributed by atoms with Crippen molar-refractivity contribution in [1.82, 2.24) is 5.32 Å². The summed E-state index contributed by atoms with van der Waals surface area (Å²) in [7, 11) is 2.89. The quantitative estimate of drug-likeness (QED) is 0.821. The van der Waals surface area contributed by atoms with Crippen molar-refractivity contribution < 1.29 is 23.9 Å². The molecule has 7 nitrogen and oxygen atoms in total. The summed E-state index contributed by atoms with van der Waals surface area (Å²) < 4.78 is 10.6. The van der Waals surface area contributed by atoms with Crippen molar-refractivity contribution in [2.24, 2.45) is 0 Å². The summed E-state index contributed by atoms with van der Waals surface area (Å²) in [6.07, 6.45) is 0.814. The van der Waals surface area contributed by atoms with Crippen LogP contribution in [0.4, 0.5) is 5.69 Å². The molecule has 25 heavy (non-hydrogen) atoms. The summed E-state index contributed by atoms with van der Waals surface area (Å²) in [6, 6.07) is 3.35. The van der Waals surface area contributed by atoms with Crippen LogP contribution in [0.2, 0.25) is 0 Å². The molecule has 0 fully saturated rings. The number of carbonyl (C=O) groups excluding carboxylic acids is 3. The molecule has 0 unspecified atom stereocenters. The van der Waals surface area contributed by atoms with Crippen LogP contribution in [-0.2, 0) is 14.3 Å². The molecular formula is C18H24N2O5. The van der Waals surface area contributed by atoms with E-state index in [9.17, 15) is 14.4 Å². The third-order valence-electron chi connectivity index (χ3n) is 4.19. The first-order chi connectivity index (χ1) is 11.7. The number of nitrogens with zero attached hydrogens (tertiary/aromatic N) is 1. The van der Waals surface area contributed by atoms with Gasteiger partial charge in [0.15, 0.2) is 5.60 Å². The molecule has 0 bridgehead atoms. The normalized spacial score (nSPS) is 15.2. The summed E-state index contributed by atoms with van der Waals surface area (Å²) >= 11 is 0. The van der Waals surface area contributed by atoms with Crippen LogP contribution in [0.15, 0.2) is 12.1 Å². The van der Waals surface area contributed by atoms with E-state index in [-0.39, 0.29) is 11.8 Å². The lowest BCUT2D eigenvalue weighted by molar-refractivity contribution is -0.132. The molecule has 1 N–H and O–H groups in total. The summed E-state index contributed by atoms with van der Waals surface area (Å²) in [6.45, 7) is 5.55. The molecule has 1 aliphatic rings. The lowest BCUT2D eigenvalue weighted by Crippen LogP contribution is -2.53. The SMILES string of the molecule is CNC(=O)CCCN1C(=O)C(C)(C)Oc2cc(C)c(C(=O)OC)cc21. The van der Waals surface area contributed by atoms with Crippen LogP contribution in [0.3, 0.4) is 0 Å². The van der Waals surface area contributed by atoms with E-state index in [1.165, 1.54) is 7.11 Å². The van der Waals surface area contributed by atoms with Crippen LogP contribution >= 0.6 is 0 Å². The van der Waals surface area contributed by atoms with Gasteiger partial charge in [-0.2, -0.15) is 0 Å². The minimum atomic E-state index is -1.01. The summed E-state index contributed by atoms with van der Waals surface area (Å²) in [5.74, 6) is -0.228. The number of aryl methyl sites for hydroxylation is 1. The maximum Gasteiger partial charge on any atom is 0.338 e. The highest BCUT2D eigenvalue weighted by molar-refractivity contribution is 6.04. The van der Waals surface area contributed by atoms with E-state index in [0.717, 1.165) is 0 Å².